The summed E-state index contributed by atoms with van der Waals surface area (Å²) in [7, 11) is 0. The zero-order chi connectivity index (χ0) is 13.4. The smallest absolute Gasteiger partial charge is 0.253 e. The van der Waals surface area contributed by atoms with E-state index in [0.29, 0.717) is 22.9 Å². The van der Waals surface area contributed by atoms with Crippen LogP contribution in [-0.4, -0.2) is 29.9 Å². The Kier molecular flexibility index (Phi) is 3.50. The number of halogens is 1. The second kappa shape index (κ2) is 5.14. The number of nitrogens with two attached hydrogens (primary N) is 1. The summed E-state index contributed by atoms with van der Waals surface area (Å²) in [5.41, 5.74) is 6.75. The van der Waals surface area contributed by atoms with E-state index in [0.717, 1.165) is 37.9 Å². The molecule has 3 rings (SSSR count). The molecule has 3 atom stereocenters. The van der Waals surface area contributed by atoms with Crippen LogP contribution in [0.5, 0.6) is 0 Å². The Labute approximate surface area is 118 Å². The maximum atomic E-state index is 12.4. The van der Waals surface area contributed by atoms with Crippen molar-refractivity contribution < 1.29 is 4.79 Å². The normalized spacial score (nSPS) is 30.2. The van der Waals surface area contributed by atoms with Gasteiger partial charge in [-0.2, -0.15) is 0 Å². The molecule has 2 aliphatic rings. The Balaban J connectivity index is 1.70. The minimum absolute atomic E-state index is 0.125. The number of rotatable bonds is 1. The van der Waals surface area contributed by atoms with Crippen molar-refractivity contribution in [3.05, 3.63) is 34.9 Å². The molecule has 0 bridgehead atoms. The molecule has 0 aromatic heterocycles. The number of benzene rings is 1. The second-order valence-corrected chi connectivity index (χ2v) is 6.25. The lowest BCUT2D eigenvalue weighted by Gasteiger charge is -2.27. The molecule has 1 saturated carbocycles. The van der Waals surface area contributed by atoms with Crippen molar-refractivity contribution in [3.8, 4) is 0 Å². The van der Waals surface area contributed by atoms with Crippen molar-refractivity contribution >= 4 is 17.5 Å². The van der Waals surface area contributed by atoms with Crippen molar-refractivity contribution in [1.29, 1.82) is 0 Å². The highest BCUT2D eigenvalue weighted by atomic mass is 35.5. The zero-order valence-corrected chi connectivity index (χ0v) is 11.6. The van der Waals surface area contributed by atoms with Gasteiger partial charge in [-0.25, -0.2) is 0 Å². The summed E-state index contributed by atoms with van der Waals surface area (Å²) in [4.78, 5) is 14.4. The van der Waals surface area contributed by atoms with Crippen LogP contribution in [0.1, 0.15) is 29.6 Å². The van der Waals surface area contributed by atoms with Crippen molar-refractivity contribution in [1.82, 2.24) is 4.90 Å². The van der Waals surface area contributed by atoms with E-state index < -0.39 is 0 Å². The summed E-state index contributed by atoms with van der Waals surface area (Å²) in [6.45, 7) is 1.75. The molecule has 102 valence electrons. The fourth-order valence-electron chi connectivity index (χ4n) is 3.41. The van der Waals surface area contributed by atoms with E-state index in [1.807, 2.05) is 4.90 Å². The van der Waals surface area contributed by atoms with E-state index >= 15 is 0 Å². The first-order valence-electron chi connectivity index (χ1n) is 6.94. The highest BCUT2D eigenvalue weighted by Gasteiger charge is 2.38. The molecule has 1 unspecified atom stereocenters. The van der Waals surface area contributed by atoms with Crippen LogP contribution >= 0.6 is 11.6 Å². The van der Waals surface area contributed by atoms with Gasteiger partial charge in [0, 0.05) is 29.7 Å². The molecule has 3 nitrogen and oxygen atoms in total. The number of amides is 1. The fourth-order valence-corrected chi connectivity index (χ4v) is 3.53. The van der Waals surface area contributed by atoms with Gasteiger partial charge in [0.2, 0.25) is 0 Å². The van der Waals surface area contributed by atoms with E-state index in [2.05, 4.69) is 0 Å². The van der Waals surface area contributed by atoms with Gasteiger partial charge in [0.25, 0.3) is 5.91 Å². The van der Waals surface area contributed by atoms with Gasteiger partial charge in [-0.1, -0.05) is 11.6 Å². The monoisotopic (exact) mass is 278 g/mol. The van der Waals surface area contributed by atoms with Crippen LogP contribution in [0.25, 0.3) is 0 Å². The molecule has 1 saturated heterocycles. The number of hydrogen-bond donors (Lipinski definition) is 1. The lowest BCUT2D eigenvalue weighted by Crippen LogP contribution is -2.32. The third-order valence-corrected chi connectivity index (χ3v) is 4.72. The largest absolute Gasteiger partial charge is 0.338 e. The van der Waals surface area contributed by atoms with Crippen molar-refractivity contribution in [2.45, 2.75) is 25.3 Å². The van der Waals surface area contributed by atoms with Gasteiger partial charge in [0.1, 0.15) is 0 Å². The predicted molar refractivity (Wildman–Crippen MR) is 76.2 cm³/mol. The van der Waals surface area contributed by atoms with Gasteiger partial charge in [0.05, 0.1) is 0 Å². The van der Waals surface area contributed by atoms with Crippen LogP contribution in [0.15, 0.2) is 24.3 Å². The number of likely N-dealkylation sites (tertiary alicyclic amines) is 1. The van der Waals surface area contributed by atoms with E-state index in [4.69, 9.17) is 17.3 Å². The maximum absolute atomic E-state index is 12.4. The first kappa shape index (κ1) is 12.9. The highest BCUT2D eigenvalue weighted by Crippen LogP contribution is 2.36. The summed E-state index contributed by atoms with van der Waals surface area (Å²) in [5, 5.41) is 0.664. The van der Waals surface area contributed by atoms with Gasteiger partial charge < -0.3 is 10.6 Å². The first-order chi connectivity index (χ1) is 9.13. The molecular formula is C15H19ClN2O. The molecule has 4 heteroatoms. The minimum Gasteiger partial charge on any atom is -0.338 e. The molecule has 2 N–H and O–H groups in total. The van der Waals surface area contributed by atoms with Gasteiger partial charge in [-0.3, -0.25) is 4.79 Å². The van der Waals surface area contributed by atoms with Crippen molar-refractivity contribution in [2.75, 3.05) is 13.1 Å². The molecule has 19 heavy (non-hydrogen) atoms. The van der Waals surface area contributed by atoms with Crippen LogP contribution in [0.3, 0.4) is 0 Å². The molecule has 0 spiro atoms. The Morgan fingerprint density at radius 2 is 1.84 bits per heavy atom. The van der Waals surface area contributed by atoms with Crippen LogP contribution in [0.4, 0.5) is 0 Å². The highest BCUT2D eigenvalue weighted by molar-refractivity contribution is 6.30. The van der Waals surface area contributed by atoms with Gasteiger partial charge in [-0.15, -0.1) is 0 Å². The molecule has 1 amide bonds. The lowest BCUT2D eigenvalue weighted by molar-refractivity contribution is 0.0784. The lowest BCUT2D eigenvalue weighted by atomic mass is 9.79. The average Bonchev–Trinajstić information content (AvgIpc) is 2.81. The number of fused-ring (bicyclic) bond motifs is 1. The topological polar surface area (TPSA) is 46.3 Å². The summed E-state index contributed by atoms with van der Waals surface area (Å²) >= 11 is 5.85. The number of carbonyl (C=O) groups is 1. The first-order valence-corrected chi connectivity index (χ1v) is 7.31. The van der Waals surface area contributed by atoms with Crippen LogP contribution in [-0.2, 0) is 0 Å². The number of nitrogens with zero attached hydrogens (tertiary/aromatic N) is 1. The minimum atomic E-state index is 0.125. The fraction of sp³-hybridized carbons (Fsp3) is 0.533. The Morgan fingerprint density at radius 3 is 2.58 bits per heavy atom. The summed E-state index contributed by atoms with van der Waals surface area (Å²) in [6.07, 6.45) is 3.33. The molecule has 1 aliphatic carbocycles. The van der Waals surface area contributed by atoms with E-state index in [9.17, 15) is 4.79 Å². The second-order valence-electron chi connectivity index (χ2n) is 5.81. The molecule has 1 heterocycles. The number of carbonyl (C=O) groups excluding carboxylic acids is 1. The number of hydrogen-bond acceptors (Lipinski definition) is 2. The molecule has 1 aromatic rings. The molecule has 1 aromatic carbocycles. The maximum Gasteiger partial charge on any atom is 0.253 e. The third-order valence-electron chi connectivity index (χ3n) is 4.47. The molecule has 0 radical (unpaired) electrons. The Morgan fingerprint density at radius 1 is 1.16 bits per heavy atom. The van der Waals surface area contributed by atoms with Crippen LogP contribution in [0, 0.1) is 11.8 Å². The zero-order valence-electron chi connectivity index (χ0n) is 10.9. The summed E-state index contributed by atoms with van der Waals surface area (Å²) < 4.78 is 0. The third kappa shape index (κ3) is 2.63. The SMILES string of the molecule is NC1CC[C@@H]2CN(C(=O)c3ccc(Cl)cc3)C[C@@H]2C1. The standard InChI is InChI=1S/C15H19ClN2O/c16-13-4-1-10(2-5-13)15(19)18-8-11-3-6-14(17)7-12(11)9-18/h1-2,4-5,11-12,14H,3,6-9,17H2/t11-,12+,14?/m1/s1. The van der Waals surface area contributed by atoms with Gasteiger partial charge in [0.15, 0.2) is 0 Å². The molecule has 2 fully saturated rings. The molecule has 1 aliphatic heterocycles. The van der Waals surface area contributed by atoms with Gasteiger partial charge >= 0.3 is 0 Å². The van der Waals surface area contributed by atoms with Crippen LogP contribution < -0.4 is 5.73 Å². The van der Waals surface area contributed by atoms with E-state index in [-0.39, 0.29) is 5.91 Å². The van der Waals surface area contributed by atoms with Crippen molar-refractivity contribution in [3.63, 3.8) is 0 Å². The summed E-state index contributed by atoms with van der Waals surface area (Å²) in [5.74, 6) is 1.37. The molecular weight excluding hydrogens is 260 g/mol. The van der Waals surface area contributed by atoms with Crippen molar-refractivity contribution in [2.24, 2.45) is 17.6 Å². The van der Waals surface area contributed by atoms with E-state index in [1.165, 1.54) is 0 Å². The average molecular weight is 279 g/mol. The van der Waals surface area contributed by atoms with Gasteiger partial charge in [-0.05, 0) is 55.4 Å². The summed E-state index contributed by atoms with van der Waals surface area (Å²) in [6, 6.07) is 7.48. The van der Waals surface area contributed by atoms with Crippen LogP contribution in [0.2, 0.25) is 5.02 Å². The Hall–Kier alpha value is -1.06. The quantitative estimate of drug-likeness (QED) is 0.858. The Bertz CT molecular complexity index is 474. The predicted octanol–water partition coefficient (Wildman–Crippen LogP) is 2.54. The van der Waals surface area contributed by atoms with E-state index in [1.54, 1.807) is 24.3 Å².